The number of carbonyl (C=O) groups excluding carboxylic acids is 1. The molecule has 0 unspecified atom stereocenters. The van der Waals surface area contributed by atoms with Crippen molar-refractivity contribution in [3.63, 3.8) is 0 Å². The number of ether oxygens (including phenoxy) is 1. The first-order chi connectivity index (χ1) is 7.39. The van der Waals surface area contributed by atoms with Crippen LogP contribution in [0.15, 0.2) is 24.3 Å². The van der Waals surface area contributed by atoms with Crippen molar-refractivity contribution in [1.82, 2.24) is 0 Å². The van der Waals surface area contributed by atoms with Gasteiger partial charge in [-0.25, -0.2) is 0 Å². The Bertz CT molecular complexity index is 390. The number of methoxy groups -OCH3 is 1. The Morgan fingerprint density at radius 2 is 2.12 bits per heavy atom. The van der Waals surface area contributed by atoms with Crippen LogP contribution < -0.4 is 5.73 Å². The number of halogens is 1. The lowest BCUT2D eigenvalue weighted by atomic mass is 9.81. The molecule has 88 valence electrons. The molecule has 2 N–H and O–H groups in total. The molecule has 0 aliphatic heterocycles. The molecule has 0 amide bonds. The van der Waals surface area contributed by atoms with E-state index < -0.39 is 11.5 Å². The predicted octanol–water partition coefficient (Wildman–Crippen LogP) is 2.54. The monoisotopic (exact) mass is 241 g/mol. The van der Waals surface area contributed by atoms with E-state index in [-0.39, 0.29) is 5.97 Å². The van der Waals surface area contributed by atoms with Gasteiger partial charge in [-0.2, -0.15) is 0 Å². The molecule has 3 nitrogen and oxygen atoms in total. The van der Waals surface area contributed by atoms with Crippen molar-refractivity contribution in [2.24, 2.45) is 11.1 Å². The van der Waals surface area contributed by atoms with E-state index in [1.807, 2.05) is 12.1 Å². The third kappa shape index (κ3) is 2.54. The lowest BCUT2D eigenvalue weighted by Crippen LogP contribution is -2.37. The zero-order chi connectivity index (χ0) is 12.3. The molecule has 0 aliphatic carbocycles. The van der Waals surface area contributed by atoms with Gasteiger partial charge in [0.25, 0.3) is 0 Å². The van der Waals surface area contributed by atoms with Crippen LogP contribution in [0.3, 0.4) is 0 Å². The molecule has 0 aromatic heterocycles. The lowest BCUT2D eigenvalue weighted by Gasteiger charge is -2.28. The maximum atomic E-state index is 11.6. The Balaban J connectivity index is 3.01. The van der Waals surface area contributed by atoms with Crippen LogP contribution in [0.4, 0.5) is 0 Å². The largest absolute Gasteiger partial charge is 0.469 e. The van der Waals surface area contributed by atoms with Crippen LogP contribution in [0.2, 0.25) is 5.02 Å². The van der Waals surface area contributed by atoms with E-state index in [1.54, 1.807) is 26.0 Å². The minimum atomic E-state index is -0.778. The third-order valence-corrected chi connectivity index (χ3v) is 2.93. The summed E-state index contributed by atoms with van der Waals surface area (Å²) in [6.45, 7) is 3.51. The molecule has 1 atom stereocenters. The average molecular weight is 242 g/mol. The highest BCUT2D eigenvalue weighted by Gasteiger charge is 2.36. The number of carbonyl (C=O) groups is 1. The molecule has 0 fully saturated rings. The van der Waals surface area contributed by atoms with Crippen LogP contribution in [-0.2, 0) is 9.53 Å². The van der Waals surface area contributed by atoms with Gasteiger partial charge in [-0.05, 0) is 31.5 Å². The van der Waals surface area contributed by atoms with Gasteiger partial charge in [0, 0.05) is 11.1 Å². The quantitative estimate of drug-likeness (QED) is 0.828. The standard InChI is InChI=1S/C12H16ClNO2/c1-12(2,11(15)16-3)10(14)8-5-4-6-9(13)7-8/h4-7,10H,14H2,1-3H3/t10-/m0/s1. The van der Waals surface area contributed by atoms with E-state index in [9.17, 15) is 4.79 Å². The van der Waals surface area contributed by atoms with Crippen LogP contribution in [0.25, 0.3) is 0 Å². The summed E-state index contributed by atoms with van der Waals surface area (Å²) in [5.41, 5.74) is 6.10. The molecule has 0 aliphatic rings. The van der Waals surface area contributed by atoms with E-state index in [0.29, 0.717) is 5.02 Å². The van der Waals surface area contributed by atoms with Gasteiger partial charge in [0.15, 0.2) is 0 Å². The maximum Gasteiger partial charge on any atom is 0.313 e. The van der Waals surface area contributed by atoms with Crippen molar-refractivity contribution in [2.75, 3.05) is 7.11 Å². The summed E-state index contributed by atoms with van der Waals surface area (Å²) < 4.78 is 4.74. The highest BCUT2D eigenvalue weighted by molar-refractivity contribution is 6.30. The number of hydrogen-bond acceptors (Lipinski definition) is 3. The fourth-order valence-corrected chi connectivity index (χ4v) is 1.71. The van der Waals surface area contributed by atoms with E-state index in [2.05, 4.69) is 0 Å². The van der Waals surface area contributed by atoms with Crippen LogP contribution >= 0.6 is 11.6 Å². The molecule has 0 bridgehead atoms. The van der Waals surface area contributed by atoms with Gasteiger partial charge in [0.2, 0.25) is 0 Å². The van der Waals surface area contributed by atoms with Gasteiger partial charge in [0.1, 0.15) is 0 Å². The first kappa shape index (κ1) is 13.0. The van der Waals surface area contributed by atoms with Gasteiger partial charge >= 0.3 is 5.97 Å². The van der Waals surface area contributed by atoms with Gasteiger partial charge in [-0.1, -0.05) is 23.7 Å². The van der Waals surface area contributed by atoms with Crippen LogP contribution in [-0.4, -0.2) is 13.1 Å². The van der Waals surface area contributed by atoms with Gasteiger partial charge in [0.05, 0.1) is 12.5 Å². The molecule has 16 heavy (non-hydrogen) atoms. The van der Waals surface area contributed by atoms with Gasteiger partial charge in [-0.3, -0.25) is 4.79 Å². The summed E-state index contributed by atoms with van der Waals surface area (Å²) in [5, 5.41) is 0.605. The molecule has 0 saturated carbocycles. The Hall–Kier alpha value is -1.06. The fraction of sp³-hybridized carbons (Fsp3) is 0.417. The molecule has 1 rings (SSSR count). The SMILES string of the molecule is COC(=O)C(C)(C)[C@@H](N)c1cccc(Cl)c1. The number of nitrogens with two attached hydrogens (primary N) is 1. The summed E-state index contributed by atoms with van der Waals surface area (Å²) in [4.78, 5) is 11.6. The van der Waals surface area contributed by atoms with E-state index in [0.717, 1.165) is 5.56 Å². The van der Waals surface area contributed by atoms with Crippen molar-refractivity contribution in [3.8, 4) is 0 Å². The highest BCUT2D eigenvalue weighted by atomic mass is 35.5. The number of benzene rings is 1. The number of rotatable bonds is 3. The van der Waals surface area contributed by atoms with E-state index >= 15 is 0 Å². The maximum absolute atomic E-state index is 11.6. The Morgan fingerprint density at radius 1 is 1.50 bits per heavy atom. The molecular weight excluding hydrogens is 226 g/mol. The van der Waals surface area contributed by atoms with Crippen molar-refractivity contribution >= 4 is 17.6 Å². The second kappa shape index (κ2) is 4.85. The minimum absolute atomic E-state index is 0.333. The molecule has 0 saturated heterocycles. The summed E-state index contributed by atoms with van der Waals surface area (Å²) in [6, 6.07) is 6.74. The van der Waals surface area contributed by atoms with Crippen molar-refractivity contribution < 1.29 is 9.53 Å². The summed E-state index contributed by atoms with van der Waals surface area (Å²) >= 11 is 5.88. The Labute approximate surface area is 101 Å². The Morgan fingerprint density at radius 3 is 2.62 bits per heavy atom. The molecule has 1 aromatic carbocycles. The summed E-state index contributed by atoms with van der Waals surface area (Å²) in [7, 11) is 1.36. The van der Waals surface area contributed by atoms with Crippen LogP contribution in [0.1, 0.15) is 25.5 Å². The van der Waals surface area contributed by atoms with E-state index in [4.69, 9.17) is 22.1 Å². The fourth-order valence-electron chi connectivity index (χ4n) is 1.51. The summed E-state index contributed by atoms with van der Waals surface area (Å²) in [6.07, 6.45) is 0. The zero-order valence-electron chi connectivity index (χ0n) is 9.66. The average Bonchev–Trinajstić information content (AvgIpc) is 2.26. The van der Waals surface area contributed by atoms with Crippen molar-refractivity contribution in [3.05, 3.63) is 34.9 Å². The van der Waals surface area contributed by atoms with Crippen molar-refractivity contribution in [2.45, 2.75) is 19.9 Å². The van der Waals surface area contributed by atoms with E-state index in [1.165, 1.54) is 7.11 Å². The van der Waals surface area contributed by atoms with Gasteiger partial charge in [-0.15, -0.1) is 0 Å². The lowest BCUT2D eigenvalue weighted by molar-refractivity contribution is -0.152. The van der Waals surface area contributed by atoms with Crippen molar-refractivity contribution in [1.29, 1.82) is 0 Å². The highest BCUT2D eigenvalue weighted by Crippen LogP contribution is 2.33. The number of esters is 1. The first-order valence-electron chi connectivity index (χ1n) is 4.99. The third-order valence-electron chi connectivity index (χ3n) is 2.70. The molecule has 1 aromatic rings. The Kier molecular flexibility index (Phi) is 3.94. The second-order valence-corrected chi connectivity index (χ2v) is 4.68. The minimum Gasteiger partial charge on any atom is -0.469 e. The predicted molar refractivity (Wildman–Crippen MR) is 64.2 cm³/mol. The molecule has 0 heterocycles. The van der Waals surface area contributed by atoms with Gasteiger partial charge < -0.3 is 10.5 Å². The number of hydrogen-bond donors (Lipinski definition) is 1. The first-order valence-corrected chi connectivity index (χ1v) is 5.37. The smallest absolute Gasteiger partial charge is 0.313 e. The summed E-state index contributed by atoms with van der Waals surface area (Å²) in [5.74, 6) is -0.333. The normalized spacial score (nSPS) is 13.3. The van der Waals surface area contributed by atoms with Crippen LogP contribution in [0, 0.1) is 5.41 Å². The molecule has 0 spiro atoms. The molecule has 4 heteroatoms. The second-order valence-electron chi connectivity index (χ2n) is 4.25. The topological polar surface area (TPSA) is 52.3 Å². The van der Waals surface area contributed by atoms with Crippen LogP contribution in [0.5, 0.6) is 0 Å². The zero-order valence-corrected chi connectivity index (χ0v) is 10.4. The molecule has 0 radical (unpaired) electrons. The molecular formula is C12H16ClNO2.